The molecule has 0 radical (unpaired) electrons. The van der Waals surface area contributed by atoms with E-state index in [1.165, 1.54) is 12.8 Å². The Hall–Kier alpha value is -3.22. The topological polar surface area (TPSA) is 75.9 Å². The summed E-state index contributed by atoms with van der Waals surface area (Å²) in [6.45, 7) is 1.98. The van der Waals surface area contributed by atoms with Gasteiger partial charge in [0.25, 0.3) is 5.91 Å². The highest BCUT2D eigenvalue weighted by Crippen LogP contribution is 2.17. The molecule has 1 amide bonds. The highest BCUT2D eigenvalue weighted by molar-refractivity contribution is 6.04. The Kier molecular flexibility index (Phi) is 4.12. The van der Waals surface area contributed by atoms with Gasteiger partial charge in [0.2, 0.25) is 5.95 Å². The number of nitrogens with zero attached hydrogens (tertiary/aromatic N) is 5. The summed E-state index contributed by atoms with van der Waals surface area (Å²) in [6, 6.07) is 9.13. The van der Waals surface area contributed by atoms with E-state index in [-0.39, 0.29) is 5.91 Å². The number of anilines is 2. The zero-order chi connectivity index (χ0) is 17.1. The number of rotatable bonds is 4. The first-order chi connectivity index (χ1) is 12.3. The molecule has 3 aromatic rings. The predicted octanol–water partition coefficient (Wildman–Crippen LogP) is 2.51. The summed E-state index contributed by atoms with van der Waals surface area (Å²) in [5, 5.41) is 7.02. The van der Waals surface area contributed by atoms with Crippen molar-refractivity contribution in [2.45, 2.75) is 12.8 Å². The van der Waals surface area contributed by atoms with Gasteiger partial charge in [-0.3, -0.25) is 4.79 Å². The van der Waals surface area contributed by atoms with Crippen LogP contribution in [0.4, 0.5) is 11.6 Å². The van der Waals surface area contributed by atoms with Crippen LogP contribution >= 0.6 is 0 Å². The minimum absolute atomic E-state index is 0.202. The van der Waals surface area contributed by atoms with Crippen LogP contribution in [0.1, 0.15) is 23.2 Å². The molecule has 1 fully saturated rings. The molecule has 25 heavy (non-hydrogen) atoms. The van der Waals surface area contributed by atoms with E-state index < -0.39 is 0 Å². The molecule has 1 saturated heterocycles. The average molecular weight is 334 g/mol. The van der Waals surface area contributed by atoms with Crippen molar-refractivity contribution in [1.29, 1.82) is 0 Å². The number of amides is 1. The maximum Gasteiger partial charge on any atom is 0.255 e. The minimum Gasteiger partial charge on any atom is -0.341 e. The third kappa shape index (κ3) is 3.35. The molecule has 1 aliphatic rings. The number of carbonyl (C=O) groups excluding carboxylic acids is 1. The van der Waals surface area contributed by atoms with E-state index >= 15 is 0 Å². The van der Waals surface area contributed by atoms with E-state index in [0.717, 1.165) is 24.7 Å². The van der Waals surface area contributed by atoms with Crippen molar-refractivity contribution in [3.05, 3.63) is 60.7 Å². The highest BCUT2D eigenvalue weighted by Gasteiger charge is 2.15. The molecule has 1 aliphatic heterocycles. The molecule has 2 aromatic heterocycles. The van der Waals surface area contributed by atoms with Crippen LogP contribution in [0.25, 0.3) is 5.69 Å². The molecular weight excluding hydrogens is 316 g/mol. The maximum atomic E-state index is 12.5. The first kappa shape index (κ1) is 15.3. The van der Waals surface area contributed by atoms with Gasteiger partial charge in [0.15, 0.2) is 0 Å². The first-order valence-corrected chi connectivity index (χ1v) is 8.28. The molecule has 0 atom stereocenters. The van der Waals surface area contributed by atoms with E-state index in [2.05, 4.69) is 25.3 Å². The Morgan fingerprint density at radius 3 is 2.60 bits per heavy atom. The number of nitrogens with one attached hydrogen (secondary N) is 1. The molecule has 0 saturated carbocycles. The molecule has 7 heteroatoms. The summed E-state index contributed by atoms with van der Waals surface area (Å²) < 4.78 is 1.71. The lowest BCUT2D eigenvalue weighted by Gasteiger charge is -2.14. The van der Waals surface area contributed by atoms with Gasteiger partial charge in [-0.2, -0.15) is 5.10 Å². The van der Waals surface area contributed by atoms with Crippen LogP contribution in [-0.4, -0.2) is 38.7 Å². The highest BCUT2D eigenvalue weighted by atomic mass is 16.1. The van der Waals surface area contributed by atoms with Gasteiger partial charge in [-0.25, -0.2) is 14.6 Å². The van der Waals surface area contributed by atoms with Crippen LogP contribution in [0.5, 0.6) is 0 Å². The van der Waals surface area contributed by atoms with Crippen LogP contribution in [0.3, 0.4) is 0 Å². The van der Waals surface area contributed by atoms with Crippen molar-refractivity contribution in [2.24, 2.45) is 0 Å². The van der Waals surface area contributed by atoms with Crippen LogP contribution in [0.15, 0.2) is 55.1 Å². The number of hydrogen-bond donors (Lipinski definition) is 1. The average Bonchev–Trinajstić information content (AvgIpc) is 3.36. The van der Waals surface area contributed by atoms with Crippen molar-refractivity contribution >= 4 is 17.5 Å². The second-order valence-electron chi connectivity index (χ2n) is 5.92. The predicted molar refractivity (Wildman–Crippen MR) is 95.0 cm³/mol. The Bertz CT molecular complexity index is 854. The van der Waals surface area contributed by atoms with Gasteiger partial charge in [-0.15, -0.1) is 0 Å². The summed E-state index contributed by atoms with van der Waals surface area (Å²) in [5.74, 6) is 0.516. The Balaban J connectivity index is 1.47. The molecule has 0 unspecified atom stereocenters. The fourth-order valence-corrected chi connectivity index (χ4v) is 2.88. The van der Waals surface area contributed by atoms with E-state index in [9.17, 15) is 4.79 Å². The first-order valence-electron chi connectivity index (χ1n) is 8.28. The normalized spacial score (nSPS) is 13.8. The van der Waals surface area contributed by atoms with Crippen molar-refractivity contribution < 1.29 is 4.79 Å². The molecule has 126 valence electrons. The van der Waals surface area contributed by atoms with E-state index in [0.29, 0.717) is 11.3 Å². The van der Waals surface area contributed by atoms with Crippen molar-refractivity contribution in [2.75, 3.05) is 23.3 Å². The van der Waals surface area contributed by atoms with E-state index in [1.54, 1.807) is 35.4 Å². The summed E-state index contributed by atoms with van der Waals surface area (Å²) in [7, 11) is 0. The molecule has 0 bridgehead atoms. The van der Waals surface area contributed by atoms with Crippen LogP contribution in [-0.2, 0) is 0 Å². The van der Waals surface area contributed by atoms with Crippen LogP contribution < -0.4 is 10.2 Å². The summed E-state index contributed by atoms with van der Waals surface area (Å²) in [6.07, 6.45) is 9.18. The molecular formula is C18H18N6O. The van der Waals surface area contributed by atoms with Gasteiger partial charge in [0.1, 0.15) is 0 Å². The molecule has 1 N–H and O–H groups in total. The smallest absolute Gasteiger partial charge is 0.255 e. The lowest BCUT2D eigenvalue weighted by Crippen LogP contribution is -2.20. The molecule has 1 aromatic carbocycles. The van der Waals surface area contributed by atoms with Gasteiger partial charge in [0, 0.05) is 31.0 Å². The third-order valence-electron chi connectivity index (χ3n) is 4.16. The monoisotopic (exact) mass is 334 g/mol. The number of benzene rings is 1. The zero-order valence-corrected chi connectivity index (χ0v) is 13.7. The quantitative estimate of drug-likeness (QED) is 0.793. The second-order valence-corrected chi connectivity index (χ2v) is 5.92. The lowest BCUT2D eigenvalue weighted by atomic mass is 10.2. The standard InChI is InChI=1S/C18H18N6O/c25-17(14-5-3-6-16(11-14)24-10-4-7-21-24)22-15-12-19-18(20-13-15)23-8-1-2-9-23/h3-7,10-13H,1-2,8-9H2,(H,22,25). The van der Waals surface area contributed by atoms with Crippen molar-refractivity contribution in [3.63, 3.8) is 0 Å². The van der Waals surface area contributed by atoms with Gasteiger partial charge < -0.3 is 10.2 Å². The number of carbonyl (C=O) groups is 1. The largest absolute Gasteiger partial charge is 0.341 e. The fraction of sp³-hybridized carbons (Fsp3) is 0.222. The van der Waals surface area contributed by atoms with Gasteiger partial charge in [-0.05, 0) is 37.1 Å². The van der Waals surface area contributed by atoms with Crippen molar-refractivity contribution in [3.8, 4) is 5.69 Å². The van der Waals surface area contributed by atoms with Gasteiger partial charge in [0.05, 0.1) is 23.8 Å². The summed E-state index contributed by atoms with van der Waals surface area (Å²) in [4.78, 5) is 23.3. The number of hydrogen-bond acceptors (Lipinski definition) is 5. The van der Waals surface area contributed by atoms with Crippen molar-refractivity contribution in [1.82, 2.24) is 19.7 Å². The van der Waals surface area contributed by atoms with Crippen LogP contribution in [0, 0.1) is 0 Å². The Labute approximate surface area is 145 Å². The second kappa shape index (κ2) is 6.72. The zero-order valence-electron chi connectivity index (χ0n) is 13.7. The summed E-state index contributed by atoms with van der Waals surface area (Å²) >= 11 is 0. The van der Waals surface area contributed by atoms with Crippen LogP contribution in [0.2, 0.25) is 0 Å². The molecule has 0 aliphatic carbocycles. The molecule has 3 heterocycles. The molecule has 4 rings (SSSR count). The fourth-order valence-electron chi connectivity index (χ4n) is 2.88. The maximum absolute atomic E-state index is 12.5. The minimum atomic E-state index is -0.202. The van der Waals surface area contributed by atoms with Gasteiger partial charge in [-0.1, -0.05) is 6.07 Å². The Morgan fingerprint density at radius 2 is 1.88 bits per heavy atom. The van der Waals surface area contributed by atoms with Gasteiger partial charge >= 0.3 is 0 Å². The summed E-state index contributed by atoms with van der Waals surface area (Å²) in [5.41, 5.74) is 1.97. The molecule has 0 spiro atoms. The lowest BCUT2D eigenvalue weighted by molar-refractivity contribution is 0.102. The molecule has 7 nitrogen and oxygen atoms in total. The SMILES string of the molecule is O=C(Nc1cnc(N2CCCC2)nc1)c1cccc(-n2cccn2)c1. The Morgan fingerprint density at radius 1 is 1.08 bits per heavy atom. The van der Waals surface area contributed by atoms with E-state index in [1.807, 2.05) is 24.4 Å². The number of aromatic nitrogens is 4. The van der Waals surface area contributed by atoms with E-state index in [4.69, 9.17) is 0 Å². The third-order valence-corrected chi connectivity index (χ3v) is 4.16.